The Balaban J connectivity index is 1.58. The van der Waals surface area contributed by atoms with Gasteiger partial charge in [0.25, 0.3) is 0 Å². The van der Waals surface area contributed by atoms with Crippen LogP contribution in [0.5, 0.6) is 0 Å². The summed E-state index contributed by atoms with van der Waals surface area (Å²) in [6.07, 6.45) is 6.14. The average Bonchev–Trinajstić information content (AvgIpc) is 2.68. The van der Waals surface area contributed by atoms with E-state index in [-0.39, 0.29) is 17.6 Å². The van der Waals surface area contributed by atoms with Gasteiger partial charge < -0.3 is 15.4 Å². The van der Waals surface area contributed by atoms with Crippen molar-refractivity contribution in [3.63, 3.8) is 0 Å². The van der Waals surface area contributed by atoms with Crippen molar-refractivity contribution in [2.75, 3.05) is 32.8 Å². The minimum absolute atomic E-state index is 0.00175. The number of nitrogens with one attached hydrogen (secondary N) is 2. The molecule has 5 nitrogen and oxygen atoms in total. The number of amides is 2. The number of morpholine rings is 1. The summed E-state index contributed by atoms with van der Waals surface area (Å²) in [7, 11) is 0. The van der Waals surface area contributed by atoms with Gasteiger partial charge in [-0.1, -0.05) is 43.5 Å². The maximum atomic E-state index is 12.5. The number of benzene rings is 1. The number of carbonyl (C=O) groups is 1. The van der Waals surface area contributed by atoms with Crippen molar-refractivity contribution >= 4 is 6.03 Å². The fourth-order valence-electron chi connectivity index (χ4n) is 4.50. The molecule has 1 unspecified atom stereocenters. The van der Waals surface area contributed by atoms with Crippen molar-refractivity contribution in [3.05, 3.63) is 35.4 Å². The molecule has 1 aromatic rings. The van der Waals surface area contributed by atoms with Crippen LogP contribution in [0, 0.1) is 6.92 Å². The van der Waals surface area contributed by atoms with E-state index in [1.807, 2.05) is 19.1 Å². The summed E-state index contributed by atoms with van der Waals surface area (Å²) in [5.41, 5.74) is 2.48. The van der Waals surface area contributed by atoms with Crippen LogP contribution in [0.2, 0.25) is 0 Å². The van der Waals surface area contributed by atoms with Crippen molar-refractivity contribution in [2.45, 2.75) is 57.5 Å². The van der Waals surface area contributed by atoms with E-state index in [4.69, 9.17) is 4.74 Å². The first kappa shape index (κ1) is 19.2. The second-order valence-electron chi connectivity index (χ2n) is 7.79. The van der Waals surface area contributed by atoms with Gasteiger partial charge in [0.15, 0.2) is 0 Å². The molecule has 5 heteroatoms. The van der Waals surface area contributed by atoms with Gasteiger partial charge in [-0.2, -0.15) is 0 Å². The largest absolute Gasteiger partial charge is 0.379 e. The highest BCUT2D eigenvalue weighted by molar-refractivity contribution is 5.74. The third-order valence-corrected chi connectivity index (χ3v) is 6.05. The molecule has 0 spiro atoms. The Kier molecular flexibility index (Phi) is 6.54. The van der Waals surface area contributed by atoms with Crippen LogP contribution in [0.25, 0.3) is 0 Å². The molecular formula is C21H33N3O2. The first-order valence-corrected chi connectivity index (χ1v) is 10.0. The number of urea groups is 1. The van der Waals surface area contributed by atoms with E-state index in [9.17, 15) is 4.79 Å². The molecule has 1 atom stereocenters. The molecule has 26 heavy (non-hydrogen) atoms. The SMILES string of the molecule is Cc1ccccc1C(C)NC(=O)NCC1(N2CCOCC2)CCCCC1. The second kappa shape index (κ2) is 8.87. The second-order valence-corrected chi connectivity index (χ2v) is 7.79. The lowest BCUT2D eigenvalue weighted by Gasteiger charge is -2.48. The monoisotopic (exact) mass is 359 g/mol. The molecule has 144 valence electrons. The third-order valence-electron chi connectivity index (χ3n) is 6.05. The molecule has 2 N–H and O–H groups in total. The fourth-order valence-corrected chi connectivity index (χ4v) is 4.50. The van der Waals surface area contributed by atoms with Crippen LogP contribution < -0.4 is 10.6 Å². The molecule has 1 aliphatic carbocycles. The van der Waals surface area contributed by atoms with E-state index >= 15 is 0 Å². The highest BCUT2D eigenvalue weighted by Crippen LogP contribution is 2.33. The lowest BCUT2D eigenvalue weighted by Crippen LogP contribution is -2.60. The summed E-state index contributed by atoms with van der Waals surface area (Å²) in [5, 5.41) is 6.28. The summed E-state index contributed by atoms with van der Waals surface area (Å²) < 4.78 is 5.53. The van der Waals surface area contributed by atoms with Crippen molar-refractivity contribution in [1.29, 1.82) is 0 Å². The zero-order valence-electron chi connectivity index (χ0n) is 16.2. The number of nitrogens with zero attached hydrogens (tertiary/aromatic N) is 1. The number of carbonyl (C=O) groups excluding carboxylic acids is 1. The van der Waals surface area contributed by atoms with Crippen LogP contribution in [0.15, 0.2) is 24.3 Å². The van der Waals surface area contributed by atoms with Crippen molar-refractivity contribution in [1.82, 2.24) is 15.5 Å². The van der Waals surface area contributed by atoms with Crippen molar-refractivity contribution in [2.24, 2.45) is 0 Å². The molecule has 0 aromatic heterocycles. The predicted molar refractivity (Wildman–Crippen MR) is 104 cm³/mol. The van der Waals surface area contributed by atoms with Gasteiger partial charge >= 0.3 is 6.03 Å². The maximum Gasteiger partial charge on any atom is 0.315 e. The zero-order valence-corrected chi connectivity index (χ0v) is 16.2. The smallest absolute Gasteiger partial charge is 0.315 e. The van der Waals surface area contributed by atoms with Crippen LogP contribution in [-0.4, -0.2) is 49.3 Å². The number of hydrogen-bond donors (Lipinski definition) is 2. The van der Waals surface area contributed by atoms with Gasteiger partial charge in [-0.3, -0.25) is 4.90 Å². The minimum Gasteiger partial charge on any atom is -0.379 e. The summed E-state index contributed by atoms with van der Waals surface area (Å²) in [6.45, 7) is 8.41. The van der Waals surface area contributed by atoms with E-state index in [0.717, 1.165) is 32.8 Å². The Hall–Kier alpha value is -1.59. The zero-order chi connectivity index (χ0) is 18.4. The quantitative estimate of drug-likeness (QED) is 0.847. The molecule has 1 heterocycles. The molecule has 1 aliphatic heterocycles. The minimum atomic E-state index is -0.0704. The lowest BCUT2D eigenvalue weighted by molar-refractivity contribution is -0.0357. The Morgan fingerprint density at radius 2 is 1.88 bits per heavy atom. The normalized spacial score (nSPS) is 21.8. The van der Waals surface area contributed by atoms with Crippen molar-refractivity contribution < 1.29 is 9.53 Å². The molecule has 2 aliphatic rings. The van der Waals surface area contributed by atoms with E-state index in [2.05, 4.69) is 34.6 Å². The molecule has 0 radical (unpaired) electrons. The van der Waals surface area contributed by atoms with Gasteiger partial charge in [-0.25, -0.2) is 4.79 Å². The number of hydrogen-bond acceptors (Lipinski definition) is 3. The molecular weight excluding hydrogens is 326 g/mol. The van der Waals surface area contributed by atoms with E-state index < -0.39 is 0 Å². The first-order valence-electron chi connectivity index (χ1n) is 10.0. The predicted octanol–water partition coefficient (Wildman–Crippen LogP) is 3.39. The molecule has 1 aromatic carbocycles. The summed E-state index contributed by atoms with van der Waals surface area (Å²) in [6, 6.07) is 8.15. The van der Waals surface area contributed by atoms with Crippen LogP contribution in [-0.2, 0) is 4.74 Å². The van der Waals surface area contributed by atoms with Crippen LogP contribution in [0.1, 0.15) is 56.2 Å². The van der Waals surface area contributed by atoms with Crippen LogP contribution in [0.3, 0.4) is 0 Å². The number of aryl methyl sites for hydroxylation is 1. The molecule has 2 amide bonds. The summed E-state index contributed by atoms with van der Waals surface area (Å²) >= 11 is 0. The van der Waals surface area contributed by atoms with Gasteiger partial charge in [0.2, 0.25) is 0 Å². The van der Waals surface area contributed by atoms with Gasteiger partial charge in [0.05, 0.1) is 19.3 Å². The van der Waals surface area contributed by atoms with Gasteiger partial charge in [-0.15, -0.1) is 0 Å². The lowest BCUT2D eigenvalue weighted by atomic mass is 9.80. The maximum absolute atomic E-state index is 12.5. The number of ether oxygens (including phenoxy) is 1. The molecule has 1 saturated heterocycles. The topological polar surface area (TPSA) is 53.6 Å². The summed E-state index contributed by atoms with van der Waals surface area (Å²) in [5.74, 6) is 0. The first-order chi connectivity index (χ1) is 12.6. The standard InChI is InChI=1S/C21H33N3O2/c1-17-8-4-5-9-19(17)18(2)23-20(25)22-16-21(10-6-3-7-11-21)24-12-14-26-15-13-24/h4-5,8-9,18H,3,6-7,10-16H2,1-2H3,(H2,22,23,25). The average molecular weight is 360 g/mol. The molecule has 3 rings (SSSR count). The van der Waals surface area contributed by atoms with E-state index in [1.165, 1.54) is 43.2 Å². The van der Waals surface area contributed by atoms with Crippen LogP contribution in [0.4, 0.5) is 4.79 Å². The molecule has 0 bridgehead atoms. The Bertz CT molecular complexity index is 593. The van der Waals surface area contributed by atoms with E-state index in [1.54, 1.807) is 0 Å². The highest BCUT2D eigenvalue weighted by atomic mass is 16.5. The highest BCUT2D eigenvalue weighted by Gasteiger charge is 2.38. The van der Waals surface area contributed by atoms with E-state index in [0.29, 0.717) is 0 Å². The summed E-state index contributed by atoms with van der Waals surface area (Å²) in [4.78, 5) is 15.1. The Morgan fingerprint density at radius 1 is 1.19 bits per heavy atom. The van der Waals surface area contributed by atoms with Gasteiger partial charge in [-0.05, 0) is 37.8 Å². The Morgan fingerprint density at radius 3 is 2.58 bits per heavy atom. The van der Waals surface area contributed by atoms with Gasteiger partial charge in [0.1, 0.15) is 0 Å². The van der Waals surface area contributed by atoms with Gasteiger partial charge in [0, 0.05) is 25.2 Å². The molecule has 1 saturated carbocycles. The molecule has 2 fully saturated rings. The Labute approximate surface area is 157 Å². The fraction of sp³-hybridized carbons (Fsp3) is 0.667. The van der Waals surface area contributed by atoms with Crippen LogP contribution >= 0.6 is 0 Å². The third kappa shape index (κ3) is 4.57. The number of rotatable bonds is 5. The van der Waals surface area contributed by atoms with Crippen molar-refractivity contribution in [3.8, 4) is 0 Å².